The number of para-hydroxylation sites is 1. The average Bonchev–Trinajstić information content (AvgIpc) is 2.47. The van der Waals surface area contributed by atoms with E-state index in [1.54, 1.807) is 0 Å². The first-order valence-corrected chi connectivity index (χ1v) is 7.46. The van der Waals surface area contributed by atoms with Crippen LogP contribution in [-0.2, 0) is 11.8 Å². The molecule has 0 spiro atoms. The molecule has 21 heavy (non-hydrogen) atoms. The van der Waals surface area contributed by atoms with E-state index in [2.05, 4.69) is 75.4 Å². The minimum atomic E-state index is 0.208. The Morgan fingerprint density at radius 1 is 0.810 bits per heavy atom. The Hall–Kier alpha value is -2.15. The number of rotatable bonds is 2. The second kappa shape index (κ2) is 5.33. The van der Waals surface area contributed by atoms with Crippen molar-refractivity contribution in [1.82, 2.24) is 4.98 Å². The molecule has 3 aromatic rings. The zero-order valence-corrected chi connectivity index (χ0v) is 12.9. The molecular weight excluding hydrogens is 254 g/mol. The summed E-state index contributed by atoms with van der Waals surface area (Å²) in [6.45, 7) is 6.73. The Morgan fingerprint density at radius 2 is 1.52 bits per heavy atom. The Morgan fingerprint density at radius 3 is 2.24 bits per heavy atom. The van der Waals surface area contributed by atoms with Crippen LogP contribution in [0, 0.1) is 0 Å². The maximum atomic E-state index is 4.74. The fourth-order valence-electron chi connectivity index (χ4n) is 2.54. The SMILES string of the molecule is CC(C)(C)c1ccc(Cc2ccc3ccccc3n2)cc1. The van der Waals surface area contributed by atoms with Crippen LogP contribution >= 0.6 is 0 Å². The van der Waals surface area contributed by atoms with Crippen molar-refractivity contribution in [3.63, 3.8) is 0 Å². The molecule has 0 fully saturated rings. The molecule has 1 heterocycles. The van der Waals surface area contributed by atoms with Gasteiger partial charge in [0.15, 0.2) is 0 Å². The van der Waals surface area contributed by atoms with Crippen LogP contribution in [0.3, 0.4) is 0 Å². The highest BCUT2D eigenvalue weighted by Gasteiger charge is 2.12. The summed E-state index contributed by atoms with van der Waals surface area (Å²) < 4.78 is 0. The number of hydrogen-bond donors (Lipinski definition) is 0. The molecule has 0 aliphatic rings. The van der Waals surface area contributed by atoms with Crippen LogP contribution in [-0.4, -0.2) is 4.98 Å². The predicted octanol–water partition coefficient (Wildman–Crippen LogP) is 5.12. The van der Waals surface area contributed by atoms with E-state index in [1.807, 2.05) is 6.07 Å². The van der Waals surface area contributed by atoms with E-state index < -0.39 is 0 Å². The summed E-state index contributed by atoms with van der Waals surface area (Å²) in [5, 5.41) is 1.20. The Kier molecular flexibility index (Phi) is 3.50. The van der Waals surface area contributed by atoms with Crippen LogP contribution in [0.4, 0.5) is 0 Å². The first-order valence-electron chi connectivity index (χ1n) is 7.46. The maximum absolute atomic E-state index is 4.74. The van der Waals surface area contributed by atoms with Gasteiger partial charge in [-0.05, 0) is 28.7 Å². The van der Waals surface area contributed by atoms with Crippen molar-refractivity contribution < 1.29 is 0 Å². The number of pyridine rings is 1. The predicted molar refractivity (Wildman–Crippen MR) is 89.7 cm³/mol. The van der Waals surface area contributed by atoms with Crippen molar-refractivity contribution >= 4 is 10.9 Å². The second-order valence-electron chi connectivity index (χ2n) is 6.62. The lowest BCUT2D eigenvalue weighted by Gasteiger charge is -2.19. The van der Waals surface area contributed by atoms with Gasteiger partial charge in [0.25, 0.3) is 0 Å². The Labute approximate surface area is 126 Å². The van der Waals surface area contributed by atoms with Gasteiger partial charge in [0, 0.05) is 17.5 Å². The van der Waals surface area contributed by atoms with E-state index >= 15 is 0 Å². The molecule has 0 N–H and O–H groups in total. The van der Waals surface area contributed by atoms with Gasteiger partial charge in [-0.3, -0.25) is 4.98 Å². The number of aromatic nitrogens is 1. The van der Waals surface area contributed by atoms with E-state index in [9.17, 15) is 0 Å². The molecule has 0 bridgehead atoms. The number of benzene rings is 2. The monoisotopic (exact) mass is 275 g/mol. The normalized spacial score (nSPS) is 11.8. The van der Waals surface area contributed by atoms with Crippen molar-refractivity contribution in [3.05, 3.63) is 77.5 Å². The molecule has 106 valence electrons. The Balaban J connectivity index is 1.84. The molecule has 0 saturated carbocycles. The van der Waals surface area contributed by atoms with Gasteiger partial charge in [-0.15, -0.1) is 0 Å². The van der Waals surface area contributed by atoms with Gasteiger partial charge in [-0.25, -0.2) is 0 Å². The largest absolute Gasteiger partial charge is 0.252 e. The molecule has 0 saturated heterocycles. The molecule has 0 atom stereocenters. The molecule has 0 aliphatic heterocycles. The molecule has 3 rings (SSSR count). The summed E-state index contributed by atoms with van der Waals surface area (Å²) >= 11 is 0. The number of nitrogens with zero attached hydrogens (tertiary/aromatic N) is 1. The first kappa shape index (κ1) is 13.8. The van der Waals surface area contributed by atoms with Crippen molar-refractivity contribution in [3.8, 4) is 0 Å². The summed E-state index contributed by atoms with van der Waals surface area (Å²) in [5.41, 5.74) is 5.08. The summed E-state index contributed by atoms with van der Waals surface area (Å²) in [4.78, 5) is 4.74. The lowest BCUT2D eigenvalue weighted by atomic mass is 9.86. The van der Waals surface area contributed by atoms with Crippen LogP contribution < -0.4 is 0 Å². The van der Waals surface area contributed by atoms with Crippen molar-refractivity contribution in [2.24, 2.45) is 0 Å². The summed E-state index contributed by atoms with van der Waals surface area (Å²) in [6, 6.07) is 21.4. The quantitative estimate of drug-likeness (QED) is 0.632. The van der Waals surface area contributed by atoms with Gasteiger partial charge < -0.3 is 0 Å². The van der Waals surface area contributed by atoms with Gasteiger partial charge in [0.2, 0.25) is 0 Å². The van der Waals surface area contributed by atoms with Gasteiger partial charge in [-0.2, -0.15) is 0 Å². The molecule has 0 unspecified atom stereocenters. The molecule has 1 aromatic heterocycles. The highest BCUT2D eigenvalue weighted by molar-refractivity contribution is 5.78. The van der Waals surface area contributed by atoms with E-state index in [0.717, 1.165) is 17.6 Å². The molecule has 2 aromatic carbocycles. The van der Waals surface area contributed by atoms with Gasteiger partial charge >= 0.3 is 0 Å². The average molecular weight is 275 g/mol. The second-order valence-corrected chi connectivity index (χ2v) is 6.62. The number of hydrogen-bond acceptors (Lipinski definition) is 1. The third-order valence-corrected chi connectivity index (χ3v) is 3.86. The number of fused-ring (bicyclic) bond motifs is 1. The van der Waals surface area contributed by atoms with Gasteiger partial charge in [0.05, 0.1) is 5.52 Å². The zero-order chi connectivity index (χ0) is 14.9. The summed E-state index contributed by atoms with van der Waals surface area (Å²) in [7, 11) is 0. The maximum Gasteiger partial charge on any atom is 0.0705 e. The zero-order valence-electron chi connectivity index (χ0n) is 12.9. The highest BCUT2D eigenvalue weighted by Crippen LogP contribution is 2.23. The van der Waals surface area contributed by atoms with E-state index in [4.69, 9.17) is 4.98 Å². The smallest absolute Gasteiger partial charge is 0.0705 e. The van der Waals surface area contributed by atoms with Crippen molar-refractivity contribution in [2.45, 2.75) is 32.6 Å². The van der Waals surface area contributed by atoms with Gasteiger partial charge in [0.1, 0.15) is 0 Å². The van der Waals surface area contributed by atoms with Gasteiger partial charge in [-0.1, -0.05) is 69.3 Å². The van der Waals surface area contributed by atoms with E-state index in [0.29, 0.717) is 0 Å². The third-order valence-electron chi connectivity index (χ3n) is 3.86. The molecule has 0 radical (unpaired) electrons. The van der Waals surface area contributed by atoms with Crippen LogP contribution in [0.5, 0.6) is 0 Å². The molecule has 0 amide bonds. The third kappa shape index (κ3) is 3.13. The summed E-state index contributed by atoms with van der Waals surface area (Å²) in [6.07, 6.45) is 0.884. The molecular formula is C20H21N. The first-order chi connectivity index (χ1) is 10.0. The molecule has 1 heteroatoms. The van der Waals surface area contributed by atoms with Crippen LogP contribution in [0.2, 0.25) is 0 Å². The lowest BCUT2D eigenvalue weighted by Crippen LogP contribution is -2.10. The fraction of sp³-hybridized carbons (Fsp3) is 0.250. The minimum Gasteiger partial charge on any atom is -0.252 e. The fourth-order valence-corrected chi connectivity index (χ4v) is 2.54. The van der Waals surface area contributed by atoms with E-state index in [1.165, 1.54) is 16.5 Å². The van der Waals surface area contributed by atoms with Crippen LogP contribution in [0.15, 0.2) is 60.7 Å². The van der Waals surface area contributed by atoms with E-state index in [-0.39, 0.29) is 5.41 Å². The Bertz CT molecular complexity index is 749. The standard InChI is InChI=1S/C20H21N/c1-20(2,3)17-11-8-15(9-12-17)14-18-13-10-16-6-4-5-7-19(16)21-18/h4-13H,14H2,1-3H3. The molecule has 0 aliphatic carbocycles. The molecule has 1 nitrogen and oxygen atoms in total. The highest BCUT2D eigenvalue weighted by atomic mass is 14.7. The van der Waals surface area contributed by atoms with Crippen LogP contribution in [0.1, 0.15) is 37.6 Å². The van der Waals surface area contributed by atoms with Crippen molar-refractivity contribution in [1.29, 1.82) is 0 Å². The summed E-state index contributed by atoms with van der Waals surface area (Å²) in [5.74, 6) is 0. The lowest BCUT2D eigenvalue weighted by molar-refractivity contribution is 0.590. The van der Waals surface area contributed by atoms with Crippen molar-refractivity contribution in [2.75, 3.05) is 0 Å². The van der Waals surface area contributed by atoms with Crippen LogP contribution in [0.25, 0.3) is 10.9 Å². The minimum absolute atomic E-state index is 0.208. The topological polar surface area (TPSA) is 12.9 Å².